The van der Waals surface area contributed by atoms with E-state index in [-0.39, 0.29) is 21.9 Å². The molecule has 0 spiro atoms. The Kier molecular flexibility index (Phi) is 13.8. The number of hydrogen-bond acceptors (Lipinski definition) is 5. The Morgan fingerprint density at radius 1 is 0.784 bits per heavy atom. The van der Waals surface area contributed by atoms with Gasteiger partial charge in [0.25, 0.3) is 5.56 Å². The number of aryl methyl sites for hydroxylation is 2. The van der Waals surface area contributed by atoms with Crippen molar-refractivity contribution in [1.82, 2.24) is 19.1 Å². The maximum absolute atomic E-state index is 11.2. The lowest BCUT2D eigenvalue weighted by Crippen LogP contribution is -2.20. The summed E-state index contributed by atoms with van der Waals surface area (Å²) in [5.41, 5.74) is 3.73. The van der Waals surface area contributed by atoms with Crippen LogP contribution in [0.3, 0.4) is 0 Å². The average Bonchev–Trinajstić information content (AvgIpc) is 2.83. The second-order valence-electron chi connectivity index (χ2n) is 11.0. The number of nitrogens with zero attached hydrogens (tertiary/aromatic N) is 4. The van der Waals surface area contributed by atoms with Gasteiger partial charge >= 0.3 is 0 Å². The van der Waals surface area contributed by atoms with Gasteiger partial charge in [-0.3, -0.25) is 9.59 Å². The van der Waals surface area contributed by atoms with Crippen molar-refractivity contribution in [3.8, 4) is 0 Å². The van der Waals surface area contributed by atoms with Gasteiger partial charge in [-0.1, -0.05) is 75.3 Å². The van der Waals surface area contributed by atoms with Gasteiger partial charge in [-0.05, 0) is 39.5 Å². The maximum Gasteiger partial charge on any atom is 0.250 e. The first-order valence-electron chi connectivity index (χ1n) is 12.9. The number of hydrogen-bond donors (Lipinski definition) is 1. The summed E-state index contributed by atoms with van der Waals surface area (Å²) in [6.45, 7) is 20.9. The molecule has 0 aliphatic heterocycles. The molecule has 3 rings (SSSR count). The molecule has 0 amide bonds. The predicted octanol–water partition coefficient (Wildman–Crippen LogP) is 6.03. The largest absolute Gasteiger partial charge is 0.357 e. The summed E-state index contributed by atoms with van der Waals surface area (Å²) in [5, 5.41) is 2.87. The van der Waals surface area contributed by atoms with Gasteiger partial charge in [0.05, 0.1) is 0 Å². The highest BCUT2D eigenvalue weighted by Gasteiger charge is 2.14. The number of anilines is 1. The third-order valence-corrected chi connectivity index (χ3v) is 5.48. The Morgan fingerprint density at radius 2 is 1.30 bits per heavy atom. The fourth-order valence-electron chi connectivity index (χ4n) is 2.82. The third-order valence-electron chi connectivity index (χ3n) is 5.48. The van der Waals surface area contributed by atoms with Crippen LogP contribution in [0.15, 0.2) is 58.6 Å². The van der Waals surface area contributed by atoms with E-state index in [4.69, 9.17) is 0 Å². The summed E-state index contributed by atoms with van der Waals surface area (Å²) in [4.78, 5) is 30.5. The molecule has 0 aromatic carbocycles. The summed E-state index contributed by atoms with van der Waals surface area (Å²) in [6.07, 6.45) is 7.40. The first kappa shape index (κ1) is 33.8. The van der Waals surface area contributed by atoms with Crippen LogP contribution in [0, 0.1) is 0 Å². The molecule has 0 atom stereocenters. The molecule has 0 aliphatic carbocycles. The maximum atomic E-state index is 11.2. The Balaban J connectivity index is 0.000000508. The van der Waals surface area contributed by atoms with Crippen LogP contribution in [0.2, 0.25) is 0 Å². The quantitative estimate of drug-likeness (QED) is 0.454. The van der Waals surface area contributed by atoms with Crippen LogP contribution >= 0.6 is 0 Å². The summed E-state index contributed by atoms with van der Waals surface area (Å²) < 4.78 is 3.19. The first-order chi connectivity index (χ1) is 17.1. The van der Waals surface area contributed by atoms with Crippen LogP contribution in [0.4, 0.5) is 5.95 Å². The Morgan fingerprint density at radius 3 is 1.68 bits per heavy atom. The zero-order valence-electron chi connectivity index (χ0n) is 25.3. The lowest BCUT2D eigenvalue weighted by Gasteiger charge is -2.19. The van der Waals surface area contributed by atoms with Gasteiger partial charge in [0.1, 0.15) is 0 Å². The number of rotatable bonds is 2. The molecule has 3 aromatic heterocycles. The minimum Gasteiger partial charge on any atom is -0.357 e. The average molecular weight is 512 g/mol. The van der Waals surface area contributed by atoms with Crippen molar-refractivity contribution in [2.45, 2.75) is 86.0 Å². The molecule has 206 valence electrons. The molecule has 0 unspecified atom stereocenters. The zero-order valence-corrected chi connectivity index (χ0v) is 25.3. The number of aromatic nitrogens is 4. The molecule has 37 heavy (non-hydrogen) atoms. The lowest BCUT2D eigenvalue weighted by atomic mass is 9.88. The molecule has 0 radical (unpaired) electrons. The van der Waals surface area contributed by atoms with Crippen LogP contribution in [0.25, 0.3) is 0 Å². The van der Waals surface area contributed by atoms with E-state index in [1.54, 1.807) is 35.4 Å². The summed E-state index contributed by atoms with van der Waals surface area (Å²) in [6, 6.07) is 7.18. The van der Waals surface area contributed by atoms with Gasteiger partial charge in [0.15, 0.2) is 0 Å². The van der Waals surface area contributed by atoms with Crippen molar-refractivity contribution in [2.24, 2.45) is 14.1 Å². The van der Waals surface area contributed by atoms with E-state index in [1.165, 1.54) is 11.1 Å². The van der Waals surface area contributed by atoms with Crippen molar-refractivity contribution in [3.63, 3.8) is 0 Å². The van der Waals surface area contributed by atoms with E-state index >= 15 is 0 Å². The molecule has 0 saturated carbocycles. The topological polar surface area (TPSA) is 81.8 Å². The van der Waals surface area contributed by atoms with Crippen molar-refractivity contribution in [1.29, 1.82) is 0 Å². The first-order valence-corrected chi connectivity index (χ1v) is 12.9. The molecule has 3 heterocycles. The van der Waals surface area contributed by atoms with E-state index < -0.39 is 0 Å². The van der Waals surface area contributed by atoms with Crippen molar-refractivity contribution in [3.05, 3.63) is 86.5 Å². The lowest BCUT2D eigenvalue weighted by molar-refractivity contribution is 0.580. The van der Waals surface area contributed by atoms with Crippen LogP contribution in [0.1, 0.15) is 91.8 Å². The van der Waals surface area contributed by atoms with E-state index in [0.717, 1.165) is 5.56 Å². The molecule has 0 aliphatic rings. The second kappa shape index (κ2) is 15.1. The highest BCUT2D eigenvalue weighted by Crippen LogP contribution is 2.20. The molecule has 7 nitrogen and oxygen atoms in total. The highest BCUT2D eigenvalue weighted by molar-refractivity contribution is 5.24. The Bertz CT molecular complexity index is 1180. The van der Waals surface area contributed by atoms with Crippen LogP contribution in [0.5, 0.6) is 0 Å². The third kappa shape index (κ3) is 12.0. The molecule has 0 saturated heterocycles. The smallest absolute Gasteiger partial charge is 0.250 e. The molecular weight excluding hydrogens is 462 g/mol. The van der Waals surface area contributed by atoms with Crippen molar-refractivity contribution < 1.29 is 0 Å². The van der Waals surface area contributed by atoms with E-state index in [9.17, 15) is 9.59 Å². The molecule has 7 heteroatoms. The van der Waals surface area contributed by atoms with Crippen molar-refractivity contribution >= 4 is 5.95 Å². The van der Waals surface area contributed by atoms with Gasteiger partial charge in [0.2, 0.25) is 11.5 Å². The zero-order chi connectivity index (χ0) is 29.0. The number of nitrogens with one attached hydrogen (secondary N) is 1. The van der Waals surface area contributed by atoms with Gasteiger partial charge in [0, 0.05) is 58.1 Å². The highest BCUT2D eigenvalue weighted by atomic mass is 16.1. The van der Waals surface area contributed by atoms with Crippen LogP contribution in [-0.2, 0) is 24.9 Å². The van der Waals surface area contributed by atoms with E-state index in [0.29, 0.717) is 11.9 Å². The SMILES string of the molecule is CC.CNc1ncc(C(C)C)cn1.Cn1cc(C(C)(C)C)ccc1=O.Cn1ccc(C(C)(C)C)cc1=O. The molecular formula is C30H49N5O2. The molecule has 0 fully saturated rings. The van der Waals surface area contributed by atoms with Crippen LogP contribution in [-0.4, -0.2) is 26.1 Å². The Labute approximate surface area is 224 Å². The van der Waals surface area contributed by atoms with Crippen molar-refractivity contribution in [2.75, 3.05) is 12.4 Å². The summed E-state index contributed by atoms with van der Waals surface area (Å²) >= 11 is 0. The van der Waals surface area contributed by atoms with Crippen LogP contribution < -0.4 is 16.4 Å². The van der Waals surface area contributed by atoms with Gasteiger partial charge in [-0.15, -0.1) is 0 Å². The predicted molar refractivity (Wildman–Crippen MR) is 158 cm³/mol. The second-order valence-corrected chi connectivity index (χ2v) is 11.0. The fourth-order valence-corrected chi connectivity index (χ4v) is 2.82. The fraction of sp³-hybridized carbons (Fsp3) is 0.533. The normalized spacial score (nSPS) is 10.8. The van der Waals surface area contributed by atoms with Gasteiger partial charge < -0.3 is 14.5 Å². The van der Waals surface area contributed by atoms with Gasteiger partial charge in [-0.25, -0.2) is 9.97 Å². The summed E-state index contributed by atoms with van der Waals surface area (Å²) in [7, 11) is 5.34. The summed E-state index contributed by atoms with van der Waals surface area (Å²) in [5.74, 6) is 1.18. The van der Waals surface area contributed by atoms with E-state index in [1.807, 2.05) is 57.8 Å². The monoisotopic (exact) mass is 511 g/mol. The van der Waals surface area contributed by atoms with Gasteiger partial charge in [-0.2, -0.15) is 0 Å². The minimum atomic E-state index is 0.0444. The number of pyridine rings is 2. The van der Waals surface area contributed by atoms with E-state index in [2.05, 4.69) is 70.7 Å². The standard InChI is InChI=1S/2C10H15NO.C8H13N3.C2H6/c1-10(2,3)8-5-6-11(4)9(12)7-8;1-10(2,3)8-5-6-9(12)11(4)7-8;1-6(2)7-4-10-8(9-3)11-5-7;1-2/h2*5-7H,1-4H3;4-6H,1-3H3,(H,9,10,11);1-2H3. The Hall–Kier alpha value is -3.22. The molecule has 3 aromatic rings. The molecule has 0 bridgehead atoms. The minimum absolute atomic E-state index is 0.0444. The molecule has 1 N–H and O–H groups in total.